The molecule has 1 fully saturated rings. The fraction of sp³-hybridized carbons (Fsp3) is 0.192. The molecule has 0 spiro atoms. The average molecular weight is 512 g/mol. The van der Waals surface area contributed by atoms with Gasteiger partial charge in [0.2, 0.25) is 0 Å². The Balaban J connectivity index is 1.68. The summed E-state index contributed by atoms with van der Waals surface area (Å²) in [7, 11) is 1.51. The van der Waals surface area contributed by atoms with Gasteiger partial charge in [0.25, 0.3) is 17.2 Å². The molecule has 36 heavy (non-hydrogen) atoms. The Morgan fingerprint density at radius 1 is 1.17 bits per heavy atom. The van der Waals surface area contributed by atoms with Crippen LogP contribution in [0.15, 0.2) is 59.0 Å². The molecule has 186 valence electrons. The molecule has 1 unspecified atom stereocenters. The molecule has 4 aromatic rings. The first-order valence-corrected chi connectivity index (χ1v) is 12.3. The fourth-order valence-corrected chi connectivity index (χ4v) is 4.89. The number of nitrogens with zero attached hydrogens (tertiary/aromatic N) is 1. The highest BCUT2D eigenvalue weighted by Gasteiger charge is 2.32. The quantitative estimate of drug-likeness (QED) is 0.229. The van der Waals surface area contributed by atoms with Gasteiger partial charge in [0.15, 0.2) is 0 Å². The van der Waals surface area contributed by atoms with E-state index in [-0.39, 0.29) is 29.8 Å². The van der Waals surface area contributed by atoms with E-state index in [2.05, 4.69) is 5.32 Å². The van der Waals surface area contributed by atoms with Gasteiger partial charge >= 0.3 is 0 Å². The number of nitrogen functional groups attached to an aromatic ring is 1. The van der Waals surface area contributed by atoms with Crippen LogP contribution in [-0.4, -0.2) is 21.7 Å². The SMILES string of the molecule is CNC(=O)c1c(-c2ccc(F)cc2)oc2cc(N(Cc3ccc(N)c(F)c3)S(=O)O)c(C3CC3)cc12. The first-order chi connectivity index (χ1) is 17.3. The molecule has 1 heterocycles. The molecule has 0 saturated heterocycles. The van der Waals surface area contributed by atoms with Gasteiger partial charge < -0.3 is 15.5 Å². The molecule has 1 amide bonds. The number of halogens is 2. The molecule has 0 aliphatic heterocycles. The van der Waals surface area contributed by atoms with Crippen LogP contribution in [0, 0.1) is 11.6 Å². The highest BCUT2D eigenvalue weighted by atomic mass is 32.2. The minimum absolute atomic E-state index is 0.0128. The summed E-state index contributed by atoms with van der Waals surface area (Å²) in [5, 5.41) is 3.17. The van der Waals surface area contributed by atoms with Crippen molar-refractivity contribution < 1.29 is 26.8 Å². The van der Waals surface area contributed by atoms with Crippen LogP contribution in [0.25, 0.3) is 22.3 Å². The Morgan fingerprint density at radius 2 is 1.89 bits per heavy atom. The van der Waals surface area contributed by atoms with E-state index >= 15 is 0 Å². The zero-order valence-corrected chi connectivity index (χ0v) is 20.1. The van der Waals surface area contributed by atoms with Crippen molar-refractivity contribution >= 4 is 39.5 Å². The van der Waals surface area contributed by atoms with Gasteiger partial charge in [-0.2, -0.15) is 0 Å². The molecule has 1 aliphatic rings. The van der Waals surface area contributed by atoms with E-state index in [0.717, 1.165) is 18.4 Å². The number of carbonyl (C=O) groups is 1. The van der Waals surface area contributed by atoms with Gasteiger partial charge in [0, 0.05) is 24.1 Å². The first kappa shape index (κ1) is 24.0. The summed E-state index contributed by atoms with van der Waals surface area (Å²) < 4.78 is 57.6. The number of rotatable bonds is 7. The molecule has 0 radical (unpaired) electrons. The number of anilines is 2. The van der Waals surface area contributed by atoms with Crippen LogP contribution in [0.2, 0.25) is 0 Å². The molecule has 1 atom stereocenters. The fourth-order valence-electron chi connectivity index (χ4n) is 4.30. The molecule has 1 aromatic heterocycles. The van der Waals surface area contributed by atoms with E-state index < -0.39 is 22.9 Å². The van der Waals surface area contributed by atoms with E-state index in [0.29, 0.717) is 33.3 Å². The topological polar surface area (TPSA) is 109 Å². The van der Waals surface area contributed by atoms with Crippen LogP contribution in [0.3, 0.4) is 0 Å². The third-order valence-corrected chi connectivity index (χ3v) is 6.97. The molecule has 4 N–H and O–H groups in total. The van der Waals surface area contributed by atoms with Crippen molar-refractivity contribution in [2.45, 2.75) is 25.3 Å². The van der Waals surface area contributed by atoms with Gasteiger partial charge in [-0.1, -0.05) is 6.07 Å². The van der Waals surface area contributed by atoms with Gasteiger partial charge in [0.1, 0.15) is 23.0 Å². The minimum atomic E-state index is -2.44. The zero-order valence-electron chi connectivity index (χ0n) is 19.3. The number of nitrogens with two attached hydrogens (primary N) is 1. The third-order valence-electron chi connectivity index (χ3n) is 6.26. The lowest BCUT2D eigenvalue weighted by Crippen LogP contribution is -2.26. The van der Waals surface area contributed by atoms with E-state index in [4.69, 9.17) is 10.2 Å². The second-order valence-corrected chi connectivity index (χ2v) is 9.60. The van der Waals surface area contributed by atoms with Crippen molar-refractivity contribution in [3.63, 3.8) is 0 Å². The van der Waals surface area contributed by atoms with Gasteiger partial charge in [0.05, 0.1) is 23.5 Å². The Hall–Kier alpha value is -3.76. The third kappa shape index (κ3) is 4.45. The molecule has 5 rings (SSSR count). The highest BCUT2D eigenvalue weighted by Crippen LogP contribution is 2.48. The maximum atomic E-state index is 14.0. The number of hydrogen-bond acceptors (Lipinski definition) is 4. The van der Waals surface area contributed by atoms with Crippen LogP contribution < -0.4 is 15.4 Å². The maximum Gasteiger partial charge on any atom is 0.262 e. The summed E-state index contributed by atoms with van der Waals surface area (Å²) in [5.41, 5.74) is 8.39. The summed E-state index contributed by atoms with van der Waals surface area (Å²) in [4.78, 5) is 12.9. The van der Waals surface area contributed by atoms with Gasteiger partial charge in [-0.3, -0.25) is 13.7 Å². The minimum Gasteiger partial charge on any atom is -0.455 e. The molecular formula is C26H23F2N3O4S. The number of carbonyl (C=O) groups excluding carboxylic acids is 1. The van der Waals surface area contributed by atoms with Gasteiger partial charge in [-0.05, 0) is 72.4 Å². The van der Waals surface area contributed by atoms with E-state index in [1.165, 1.54) is 47.8 Å². The second-order valence-electron chi connectivity index (χ2n) is 8.70. The Labute approximate surface area is 208 Å². The first-order valence-electron chi connectivity index (χ1n) is 11.3. The summed E-state index contributed by atoms with van der Waals surface area (Å²) >= 11 is -2.44. The van der Waals surface area contributed by atoms with Crippen molar-refractivity contribution in [1.82, 2.24) is 5.32 Å². The van der Waals surface area contributed by atoms with E-state index in [1.807, 2.05) is 6.07 Å². The van der Waals surface area contributed by atoms with Gasteiger partial charge in [-0.15, -0.1) is 0 Å². The molecular weight excluding hydrogens is 488 g/mol. The Bertz CT molecular complexity index is 1500. The van der Waals surface area contributed by atoms with Crippen molar-refractivity contribution in [3.8, 4) is 11.3 Å². The van der Waals surface area contributed by atoms with Crippen molar-refractivity contribution in [2.24, 2.45) is 0 Å². The standard InChI is InChI=1S/C26H23F2N3O4S/c1-30-26(32)24-19-11-18(15-3-4-15)22(12-23(19)35-25(24)16-5-7-17(27)8-6-16)31(36(33)34)13-14-2-9-21(29)20(28)10-14/h2,5-12,15H,3-4,13,29H2,1H3,(H,30,32)(H,33,34). The summed E-state index contributed by atoms with van der Waals surface area (Å²) in [6.07, 6.45) is 1.78. The largest absolute Gasteiger partial charge is 0.455 e. The lowest BCUT2D eigenvalue weighted by Gasteiger charge is -2.23. The summed E-state index contributed by atoms with van der Waals surface area (Å²) in [6, 6.07) is 13.3. The Morgan fingerprint density at radius 3 is 2.50 bits per heavy atom. The molecule has 10 heteroatoms. The number of nitrogens with one attached hydrogen (secondary N) is 1. The number of fused-ring (bicyclic) bond motifs is 1. The average Bonchev–Trinajstić information content (AvgIpc) is 3.64. The Kier molecular flexibility index (Phi) is 6.23. The number of benzene rings is 3. The van der Waals surface area contributed by atoms with Crippen molar-refractivity contribution in [2.75, 3.05) is 17.1 Å². The van der Waals surface area contributed by atoms with E-state index in [1.54, 1.807) is 12.1 Å². The van der Waals surface area contributed by atoms with Gasteiger partial charge in [-0.25, -0.2) is 13.0 Å². The number of hydrogen-bond donors (Lipinski definition) is 3. The highest BCUT2D eigenvalue weighted by molar-refractivity contribution is 7.80. The van der Waals surface area contributed by atoms with Crippen molar-refractivity contribution in [3.05, 3.63) is 82.9 Å². The van der Waals surface area contributed by atoms with Crippen LogP contribution in [0.5, 0.6) is 0 Å². The summed E-state index contributed by atoms with van der Waals surface area (Å²) in [6.45, 7) is -0.0562. The van der Waals surface area contributed by atoms with E-state index in [9.17, 15) is 22.3 Å². The molecule has 7 nitrogen and oxygen atoms in total. The molecule has 3 aromatic carbocycles. The maximum absolute atomic E-state index is 14.0. The zero-order chi connectivity index (χ0) is 25.6. The summed E-state index contributed by atoms with van der Waals surface area (Å²) in [5.74, 6) is -1.00. The predicted molar refractivity (Wildman–Crippen MR) is 135 cm³/mol. The normalized spacial score (nSPS) is 14.1. The molecule has 1 saturated carbocycles. The lowest BCUT2D eigenvalue weighted by molar-refractivity contribution is 0.0964. The lowest BCUT2D eigenvalue weighted by atomic mass is 10.00. The predicted octanol–water partition coefficient (Wildman–Crippen LogP) is 5.34. The van der Waals surface area contributed by atoms with Crippen LogP contribution in [-0.2, 0) is 17.8 Å². The van der Waals surface area contributed by atoms with Crippen LogP contribution in [0.1, 0.15) is 40.2 Å². The smallest absolute Gasteiger partial charge is 0.262 e. The molecule has 0 bridgehead atoms. The van der Waals surface area contributed by atoms with Crippen LogP contribution in [0.4, 0.5) is 20.2 Å². The molecule has 1 aliphatic carbocycles. The van der Waals surface area contributed by atoms with Crippen molar-refractivity contribution in [1.29, 1.82) is 0 Å². The number of furan rings is 1. The van der Waals surface area contributed by atoms with Crippen LogP contribution >= 0.6 is 0 Å². The second kappa shape index (κ2) is 9.36. The number of amides is 1. The monoisotopic (exact) mass is 511 g/mol.